The van der Waals surface area contributed by atoms with E-state index in [1.54, 1.807) is 35.5 Å². The topological polar surface area (TPSA) is 168 Å². The van der Waals surface area contributed by atoms with Crippen LogP contribution in [0.2, 0.25) is 0 Å². The minimum absolute atomic E-state index is 0. The van der Waals surface area contributed by atoms with Gasteiger partial charge in [0.2, 0.25) is 0 Å². The number of hydrogen-bond donors (Lipinski definition) is 6. The summed E-state index contributed by atoms with van der Waals surface area (Å²) in [5.74, 6) is 3.18. The van der Waals surface area contributed by atoms with E-state index >= 15 is 0 Å². The molecular weight excluding hydrogens is 1240 g/mol. The first-order valence-electron chi connectivity index (χ1n) is 27.3. The van der Waals surface area contributed by atoms with Crippen LogP contribution < -0.4 is 23.7 Å². The van der Waals surface area contributed by atoms with Crippen molar-refractivity contribution in [2.45, 2.75) is 101 Å². The quantitative estimate of drug-likeness (QED) is 0.0578. The predicted octanol–water partition coefficient (Wildman–Crippen LogP) is 13.9. The van der Waals surface area contributed by atoms with Gasteiger partial charge >= 0.3 is 0 Å². The van der Waals surface area contributed by atoms with Gasteiger partial charge in [-0.1, -0.05) is 126 Å². The van der Waals surface area contributed by atoms with E-state index in [0.29, 0.717) is 11.5 Å². The van der Waals surface area contributed by atoms with Gasteiger partial charge in [0.15, 0.2) is 0 Å². The highest BCUT2D eigenvalue weighted by Crippen LogP contribution is 2.72. The Morgan fingerprint density at radius 1 is 0.337 bits per heavy atom. The van der Waals surface area contributed by atoms with Crippen molar-refractivity contribution in [3.05, 3.63) is 247 Å². The van der Waals surface area contributed by atoms with E-state index in [9.17, 15) is 30.6 Å². The predicted molar refractivity (Wildman–Crippen MR) is 333 cm³/mol. The Bertz CT molecular complexity index is 3680. The molecule has 0 heterocycles. The Labute approximate surface area is 510 Å². The Balaban J connectivity index is 0.000000183. The maximum Gasteiger partial charge on any atom is 0.137 e. The molecule has 0 aliphatic heterocycles. The zero-order valence-electron chi connectivity index (χ0n) is 46.3. The highest BCUT2D eigenvalue weighted by atomic mass is 79.9. The average molecular weight is 1310 g/mol. The number of halogens is 3. The van der Waals surface area contributed by atoms with E-state index in [4.69, 9.17) is 23.7 Å². The van der Waals surface area contributed by atoms with Gasteiger partial charge < -0.3 is 54.3 Å². The van der Waals surface area contributed by atoms with Crippen molar-refractivity contribution in [3.63, 3.8) is 0 Å². The third-order valence-corrected chi connectivity index (χ3v) is 20.3. The van der Waals surface area contributed by atoms with Crippen molar-refractivity contribution in [2.24, 2.45) is 0 Å². The summed E-state index contributed by atoms with van der Waals surface area (Å²) >= 11 is 11.8. The van der Waals surface area contributed by atoms with Crippen LogP contribution in [0.3, 0.4) is 0 Å². The fourth-order valence-corrected chi connectivity index (χ4v) is 16.6. The number of fused-ring (bicyclic) bond motifs is 14. The second-order valence-corrected chi connectivity index (χ2v) is 23.9. The fraction of sp³-hybridized carbons (Fsp3) is 0.304. The molecule has 14 heteroatoms. The Kier molecular flexibility index (Phi) is 18.0. The molecule has 83 heavy (non-hydrogen) atoms. The summed E-state index contributed by atoms with van der Waals surface area (Å²) in [5, 5.41) is 61.6. The first kappa shape index (κ1) is 60.1. The lowest BCUT2D eigenvalue weighted by molar-refractivity contribution is 0.271. The van der Waals surface area contributed by atoms with Crippen molar-refractivity contribution in [3.8, 4) is 28.7 Å². The van der Waals surface area contributed by atoms with E-state index in [-0.39, 0.29) is 94.4 Å². The Morgan fingerprint density at radius 3 is 1.20 bits per heavy atom. The molecule has 11 nitrogen and oxygen atoms in total. The molecule has 8 aromatic rings. The summed E-state index contributed by atoms with van der Waals surface area (Å²) < 4.78 is 31.9. The molecule has 4 aliphatic rings. The lowest BCUT2D eigenvalue weighted by Crippen LogP contribution is -2.28. The van der Waals surface area contributed by atoms with Crippen molar-refractivity contribution in [2.75, 3.05) is 35.5 Å². The summed E-state index contributed by atoms with van der Waals surface area (Å²) in [7, 11) is 8.36. The molecule has 0 fully saturated rings. The second-order valence-electron chi connectivity index (χ2n) is 21.6. The number of methoxy groups -OCH3 is 5. The van der Waals surface area contributed by atoms with Crippen molar-refractivity contribution in [1.29, 1.82) is 0 Å². The number of aryl methyl sites for hydroxylation is 1. The van der Waals surface area contributed by atoms with Crippen molar-refractivity contribution >= 4 is 47.8 Å². The molecule has 0 saturated carbocycles. The number of aliphatic hydroxyl groups excluding tert-OH is 6. The van der Waals surface area contributed by atoms with Gasteiger partial charge in [0, 0.05) is 75.1 Å². The molecule has 2 unspecified atom stereocenters. The van der Waals surface area contributed by atoms with Crippen LogP contribution in [0.5, 0.6) is 28.7 Å². The van der Waals surface area contributed by atoms with Crippen LogP contribution in [0.1, 0.15) is 160 Å². The molecule has 432 valence electrons. The summed E-state index contributed by atoms with van der Waals surface area (Å²) in [4.78, 5) is 0. The molecule has 0 radical (unpaired) electrons. The van der Waals surface area contributed by atoms with Gasteiger partial charge in [-0.05, 0) is 146 Å². The lowest BCUT2D eigenvalue weighted by Gasteiger charge is -2.41. The smallest absolute Gasteiger partial charge is 0.137 e. The summed E-state index contributed by atoms with van der Waals surface area (Å²) in [6, 6.07) is 43.0. The molecule has 8 aromatic carbocycles. The molecule has 4 aliphatic carbocycles. The van der Waals surface area contributed by atoms with Crippen LogP contribution in [-0.2, 0) is 39.6 Å². The molecule has 0 aromatic heterocycles. The van der Waals surface area contributed by atoms with Gasteiger partial charge in [0.25, 0.3) is 0 Å². The van der Waals surface area contributed by atoms with Crippen LogP contribution >= 0.6 is 47.8 Å². The van der Waals surface area contributed by atoms with E-state index in [2.05, 4.69) is 121 Å². The average Bonchev–Trinajstić information content (AvgIpc) is 1.64. The largest absolute Gasteiger partial charge is 0.497 e. The summed E-state index contributed by atoms with van der Waals surface area (Å²) in [6.45, 7) is 1.44. The third-order valence-electron chi connectivity index (χ3n) is 17.7. The fourth-order valence-electron chi connectivity index (χ4n) is 14.3. The van der Waals surface area contributed by atoms with E-state index in [1.165, 1.54) is 11.1 Å². The van der Waals surface area contributed by atoms with Crippen LogP contribution in [-0.4, -0.2) is 66.2 Å². The van der Waals surface area contributed by atoms with Crippen LogP contribution in [0.25, 0.3) is 0 Å². The van der Waals surface area contributed by atoms with Gasteiger partial charge in [-0.15, -0.1) is 0 Å². The number of benzene rings is 8. The first-order chi connectivity index (χ1) is 39.9. The highest BCUT2D eigenvalue weighted by Gasteiger charge is 2.57. The standard InChI is InChI=1S/C34H32Br2O5.C34H33BrO6.CH4/c1-17-4-8-19(9-5-17)26-29-25(20-10-6-18(14-37)7-11-20)27-21(15-38)12-22(16-39)33(35)31(27)30(26)28-23(40-2)13-24(41-3)34(36)32(28)29;1-39-23-10-8-21(9-11-23)29-30-24-13-19(16-37)12-22(17-38)27(24)28(20-6-4-18(15-36)5-7-20)32(29)33-31(30)25(40-2)14-26(41-3)34(33)35;/h4-13,25-26,29-30,37-39H,14-16H2,1-3H3;4-14,28-30,32,36-38H,15-17H2,1-3H3;1H4/t25-,26-,29-,30?;28-,29+,30?,32-;/m00./s1. The zero-order valence-corrected chi connectivity index (χ0v) is 51.1. The van der Waals surface area contributed by atoms with Crippen molar-refractivity contribution in [1.82, 2.24) is 0 Å². The van der Waals surface area contributed by atoms with Gasteiger partial charge in [0.1, 0.15) is 28.7 Å². The maximum atomic E-state index is 10.7. The Morgan fingerprint density at radius 2 is 0.759 bits per heavy atom. The molecule has 0 amide bonds. The molecular formula is C69H69Br3O11. The number of hydrogen-bond acceptors (Lipinski definition) is 11. The highest BCUT2D eigenvalue weighted by molar-refractivity contribution is 9.11. The summed E-state index contributed by atoms with van der Waals surface area (Å²) in [5.41, 5.74) is 19.2. The number of ether oxygens (including phenoxy) is 5. The lowest BCUT2D eigenvalue weighted by atomic mass is 9.62. The Hall–Kier alpha value is -6.04. The number of aliphatic hydroxyl groups is 6. The summed E-state index contributed by atoms with van der Waals surface area (Å²) in [6.07, 6.45) is 0. The minimum atomic E-state index is -0.154. The third kappa shape index (κ3) is 9.99. The zero-order chi connectivity index (χ0) is 57.8. The normalized spacial score (nSPS) is 20.2. The SMILES string of the molecule is C.COc1cc(OC)c2c(c1Br)[C@H]1[C@@H](c3ccc(CO)cc3)c3c(CO)cc(CO)c(Br)c3C2[C@H]1c1ccc(C)cc1.COc1ccc([C@@H]2C3c4cc(CO)cc(CO)c4[C@H](c4ccc(CO)cc4)[C@@H]2c2c(Br)c(OC)cc(OC)c23)cc1. The van der Waals surface area contributed by atoms with Crippen molar-refractivity contribution < 1.29 is 54.3 Å². The van der Waals surface area contributed by atoms with E-state index in [1.807, 2.05) is 60.7 Å². The minimum Gasteiger partial charge on any atom is -0.497 e. The molecule has 8 atom stereocenters. The van der Waals surface area contributed by atoms with Crippen LogP contribution in [0, 0.1) is 6.92 Å². The monoisotopic (exact) mass is 1310 g/mol. The van der Waals surface area contributed by atoms with Crippen LogP contribution in [0.4, 0.5) is 0 Å². The molecule has 12 rings (SSSR count). The van der Waals surface area contributed by atoms with Gasteiger partial charge in [-0.2, -0.15) is 0 Å². The van der Waals surface area contributed by atoms with E-state index < -0.39 is 0 Å². The molecule has 0 saturated heterocycles. The van der Waals surface area contributed by atoms with Gasteiger partial charge in [-0.25, -0.2) is 0 Å². The van der Waals surface area contributed by atoms with E-state index in [0.717, 1.165) is 125 Å². The first-order valence-corrected chi connectivity index (χ1v) is 29.7. The van der Waals surface area contributed by atoms with Crippen LogP contribution in [0.15, 0.2) is 141 Å². The maximum absolute atomic E-state index is 10.7. The molecule has 6 N–H and O–H groups in total. The second kappa shape index (κ2) is 24.9. The van der Waals surface area contributed by atoms with Gasteiger partial charge in [-0.3, -0.25) is 0 Å². The number of rotatable bonds is 15. The molecule has 0 spiro atoms. The van der Waals surface area contributed by atoms with Gasteiger partial charge in [0.05, 0.1) is 84.1 Å². The molecule has 4 bridgehead atoms.